The Labute approximate surface area is 171 Å². The summed E-state index contributed by atoms with van der Waals surface area (Å²) in [4.78, 5) is 28.8. The Kier molecular flexibility index (Phi) is 7.40. The molecule has 5 heteroatoms. The predicted molar refractivity (Wildman–Crippen MR) is 114 cm³/mol. The molecule has 1 fully saturated rings. The van der Waals surface area contributed by atoms with E-state index in [0.717, 1.165) is 19.6 Å². The molecule has 146 valence electrons. The number of ketones is 1. The van der Waals surface area contributed by atoms with Crippen LogP contribution in [-0.2, 0) is 4.79 Å². The van der Waals surface area contributed by atoms with Gasteiger partial charge in [0.25, 0.3) is 0 Å². The lowest BCUT2D eigenvalue weighted by Gasteiger charge is -2.34. The van der Waals surface area contributed by atoms with Crippen LogP contribution in [0.25, 0.3) is 6.08 Å². The molecule has 0 saturated carbocycles. The first-order chi connectivity index (χ1) is 13.6. The summed E-state index contributed by atoms with van der Waals surface area (Å²) in [5.41, 5.74) is 1.80. The molecule has 1 heterocycles. The zero-order valence-corrected chi connectivity index (χ0v) is 16.6. The Morgan fingerprint density at radius 1 is 0.893 bits per heavy atom. The van der Waals surface area contributed by atoms with Crippen molar-refractivity contribution in [1.29, 1.82) is 0 Å². The minimum Gasteiger partial charge on any atom is -0.340 e. The van der Waals surface area contributed by atoms with Gasteiger partial charge in [0.1, 0.15) is 0 Å². The molecule has 0 bridgehead atoms. The fourth-order valence-electron chi connectivity index (χ4n) is 3.24. The molecule has 0 N–H and O–H groups in total. The molecule has 0 aliphatic carbocycles. The summed E-state index contributed by atoms with van der Waals surface area (Å²) in [7, 11) is 0. The van der Waals surface area contributed by atoms with E-state index < -0.39 is 0 Å². The van der Waals surface area contributed by atoms with Gasteiger partial charge in [0, 0.05) is 56.2 Å². The van der Waals surface area contributed by atoms with Crippen molar-refractivity contribution in [3.8, 4) is 0 Å². The van der Waals surface area contributed by atoms with Crippen molar-refractivity contribution in [3.63, 3.8) is 0 Å². The third-order valence-corrected chi connectivity index (χ3v) is 5.18. The van der Waals surface area contributed by atoms with Crippen molar-refractivity contribution < 1.29 is 9.59 Å². The van der Waals surface area contributed by atoms with E-state index in [0.29, 0.717) is 23.7 Å². The maximum absolute atomic E-state index is 12.4. The number of carbonyl (C=O) groups excluding carboxylic acids is 2. The van der Waals surface area contributed by atoms with E-state index >= 15 is 0 Å². The largest absolute Gasteiger partial charge is 0.340 e. The number of carbonyl (C=O) groups is 2. The van der Waals surface area contributed by atoms with Crippen LogP contribution in [0.1, 0.15) is 28.8 Å². The van der Waals surface area contributed by atoms with Crippen LogP contribution in [0, 0.1) is 0 Å². The Morgan fingerprint density at radius 2 is 1.57 bits per heavy atom. The maximum atomic E-state index is 12.4. The first-order valence-electron chi connectivity index (χ1n) is 9.62. The van der Waals surface area contributed by atoms with Gasteiger partial charge in [0.2, 0.25) is 5.91 Å². The highest BCUT2D eigenvalue weighted by Gasteiger charge is 2.21. The van der Waals surface area contributed by atoms with Crippen molar-refractivity contribution in [2.75, 3.05) is 32.7 Å². The second-order valence-electron chi connectivity index (χ2n) is 6.92. The van der Waals surface area contributed by atoms with E-state index in [9.17, 15) is 9.59 Å². The molecule has 1 amide bonds. The van der Waals surface area contributed by atoms with Gasteiger partial charge in [-0.2, -0.15) is 0 Å². The number of halogens is 1. The number of hydrogen-bond acceptors (Lipinski definition) is 3. The zero-order valence-electron chi connectivity index (χ0n) is 15.9. The lowest BCUT2D eigenvalue weighted by atomic mass is 10.1. The van der Waals surface area contributed by atoms with E-state index in [1.165, 1.54) is 5.56 Å². The Bertz CT molecular complexity index is 810. The quantitative estimate of drug-likeness (QED) is 0.660. The van der Waals surface area contributed by atoms with Crippen LogP contribution in [0.3, 0.4) is 0 Å². The van der Waals surface area contributed by atoms with Crippen molar-refractivity contribution in [2.24, 2.45) is 0 Å². The van der Waals surface area contributed by atoms with Gasteiger partial charge in [-0.1, -0.05) is 54.1 Å². The van der Waals surface area contributed by atoms with E-state index in [2.05, 4.69) is 29.2 Å². The number of benzene rings is 2. The first-order valence-corrected chi connectivity index (χ1v) is 10.00. The molecule has 0 unspecified atom stereocenters. The van der Waals surface area contributed by atoms with Crippen LogP contribution in [0.2, 0.25) is 5.02 Å². The minimum atomic E-state index is -0.0188. The number of nitrogens with zero attached hydrogens (tertiary/aromatic N) is 2. The molecule has 1 aliphatic rings. The first kappa shape index (κ1) is 20.3. The van der Waals surface area contributed by atoms with Gasteiger partial charge >= 0.3 is 0 Å². The van der Waals surface area contributed by atoms with Gasteiger partial charge in [-0.05, 0) is 29.8 Å². The monoisotopic (exact) mass is 396 g/mol. The smallest absolute Gasteiger partial charge is 0.223 e. The van der Waals surface area contributed by atoms with Crippen LogP contribution in [0.5, 0.6) is 0 Å². The van der Waals surface area contributed by atoms with Gasteiger partial charge in [-0.15, -0.1) is 0 Å². The molecular formula is C23H25ClN2O2. The Balaban J connectivity index is 1.38. The molecule has 2 aromatic carbocycles. The molecule has 4 nitrogen and oxygen atoms in total. The lowest BCUT2D eigenvalue weighted by Crippen LogP contribution is -2.48. The van der Waals surface area contributed by atoms with Crippen LogP contribution >= 0.6 is 11.6 Å². The molecule has 0 radical (unpaired) electrons. The number of hydrogen-bond donors (Lipinski definition) is 0. The molecule has 0 atom stereocenters. The number of rotatable bonds is 7. The molecule has 28 heavy (non-hydrogen) atoms. The summed E-state index contributed by atoms with van der Waals surface area (Å²) in [5.74, 6) is 0.0384. The van der Waals surface area contributed by atoms with Crippen LogP contribution in [-0.4, -0.2) is 54.2 Å². The highest BCUT2D eigenvalue weighted by molar-refractivity contribution is 6.30. The van der Waals surface area contributed by atoms with E-state index in [1.807, 2.05) is 23.1 Å². The summed E-state index contributed by atoms with van der Waals surface area (Å²) in [6.07, 6.45) is 4.79. The summed E-state index contributed by atoms with van der Waals surface area (Å²) in [5, 5.41) is 0.601. The van der Waals surface area contributed by atoms with Crippen molar-refractivity contribution in [1.82, 2.24) is 9.80 Å². The highest BCUT2D eigenvalue weighted by atomic mass is 35.5. The number of Topliss-reactive ketones (excluding diaryl/α,β-unsaturated/α-hetero) is 1. The van der Waals surface area contributed by atoms with Gasteiger partial charge in [-0.3, -0.25) is 14.5 Å². The van der Waals surface area contributed by atoms with Gasteiger partial charge in [0.15, 0.2) is 5.78 Å². The Hall–Kier alpha value is -2.43. The summed E-state index contributed by atoms with van der Waals surface area (Å²) in [6.45, 7) is 4.03. The number of amides is 1. The molecule has 1 saturated heterocycles. The molecule has 1 aliphatic heterocycles. The summed E-state index contributed by atoms with van der Waals surface area (Å²) in [6, 6.07) is 17.0. The van der Waals surface area contributed by atoms with E-state index in [1.54, 1.807) is 24.3 Å². The Morgan fingerprint density at radius 3 is 2.25 bits per heavy atom. The second-order valence-corrected chi connectivity index (χ2v) is 7.36. The summed E-state index contributed by atoms with van der Waals surface area (Å²) < 4.78 is 0. The van der Waals surface area contributed by atoms with Gasteiger partial charge < -0.3 is 4.90 Å². The van der Waals surface area contributed by atoms with Gasteiger partial charge in [-0.25, -0.2) is 0 Å². The zero-order chi connectivity index (χ0) is 19.8. The third-order valence-electron chi connectivity index (χ3n) is 4.93. The molecule has 0 spiro atoms. The lowest BCUT2D eigenvalue weighted by molar-refractivity contribution is -0.132. The van der Waals surface area contributed by atoms with Gasteiger partial charge in [0.05, 0.1) is 0 Å². The topological polar surface area (TPSA) is 40.6 Å². The standard InChI is InChI=1S/C23H25ClN2O2/c24-21-10-8-20(9-11-21)22(27)12-13-23(28)26-17-15-25(16-18-26)14-4-7-19-5-2-1-3-6-19/h1-11H,12-18H2/b7-4+. The third kappa shape index (κ3) is 6.04. The average molecular weight is 397 g/mol. The van der Waals surface area contributed by atoms with E-state index in [4.69, 9.17) is 11.6 Å². The SMILES string of the molecule is O=C(CCC(=O)N1CCN(C/C=C/c2ccccc2)CC1)c1ccc(Cl)cc1. The fourth-order valence-corrected chi connectivity index (χ4v) is 3.37. The van der Waals surface area contributed by atoms with Crippen LogP contribution < -0.4 is 0 Å². The van der Waals surface area contributed by atoms with E-state index in [-0.39, 0.29) is 24.5 Å². The average Bonchev–Trinajstić information content (AvgIpc) is 2.73. The minimum absolute atomic E-state index is 0.0188. The number of piperazine rings is 1. The second kappa shape index (κ2) is 10.2. The highest BCUT2D eigenvalue weighted by Crippen LogP contribution is 2.13. The maximum Gasteiger partial charge on any atom is 0.223 e. The molecular weight excluding hydrogens is 372 g/mol. The fraction of sp³-hybridized carbons (Fsp3) is 0.304. The van der Waals surface area contributed by atoms with Crippen LogP contribution in [0.4, 0.5) is 0 Å². The molecule has 0 aromatic heterocycles. The normalized spacial score (nSPS) is 15.1. The predicted octanol–water partition coefficient (Wildman–Crippen LogP) is 4.16. The molecule has 3 rings (SSSR count). The molecule has 2 aromatic rings. The van der Waals surface area contributed by atoms with Crippen molar-refractivity contribution in [3.05, 3.63) is 76.8 Å². The van der Waals surface area contributed by atoms with Crippen LogP contribution in [0.15, 0.2) is 60.7 Å². The summed E-state index contributed by atoms with van der Waals surface area (Å²) >= 11 is 5.84. The van der Waals surface area contributed by atoms with Crippen molar-refractivity contribution >= 4 is 29.4 Å². The van der Waals surface area contributed by atoms with Crippen molar-refractivity contribution in [2.45, 2.75) is 12.8 Å².